The van der Waals surface area contributed by atoms with Gasteiger partial charge in [0.15, 0.2) is 6.04 Å². The molecule has 1 aliphatic heterocycles. The van der Waals surface area contributed by atoms with Crippen LogP contribution in [0.15, 0.2) is 87.4 Å². The smallest absolute Gasteiger partial charge is 0.269 e. The number of thiazole rings is 1. The lowest BCUT2D eigenvalue weighted by molar-refractivity contribution is -0.117. The highest BCUT2D eigenvalue weighted by molar-refractivity contribution is 7.14. The summed E-state index contributed by atoms with van der Waals surface area (Å²) in [4.78, 5) is 17.6. The number of nitrogens with zero attached hydrogens (tertiary/aromatic N) is 5. The van der Waals surface area contributed by atoms with E-state index < -0.39 is 6.04 Å². The van der Waals surface area contributed by atoms with Gasteiger partial charge in [0.1, 0.15) is 0 Å². The van der Waals surface area contributed by atoms with Crippen LogP contribution in [-0.4, -0.2) is 22.6 Å². The van der Waals surface area contributed by atoms with E-state index in [1.807, 2.05) is 79.0 Å². The van der Waals surface area contributed by atoms with Crippen molar-refractivity contribution in [1.29, 1.82) is 0 Å². The molecule has 0 fully saturated rings. The molecule has 0 saturated carbocycles. The van der Waals surface area contributed by atoms with Crippen LogP contribution in [0.3, 0.4) is 0 Å². The van der Waals surface area contributed by atoms with E-state index in [2.05, 4.69) is 20.3 Å². The van der Waals surface area contributed by atoms with E-state index in [1.54, 1.807) is 6.92 Å². The van der Waals surface area contributed by atoms with Crippen LogP contribution < -0.4 is 5.01 Å². The Kier molecular flexibility index (Phi) is 4.88. The molecule has 0 aliphatic carbocycles. The van der Waals surface area contributed by atoms with Gasteiger partial charge in [-0.15, -0.1) is 11.3 Å². The van der Waals surface area contributed by atoms with Crippen LogP contribution in [0, 0.1) is 6.92 Å². The van der Waals surface area contributed by atoms with Gasteiger partial charge in [0.05, 0.1) is 17.1 Å². The number of anilines is 1. The molecule has 0 radical (unpaired) electrons. The summed E-state index contributed by atoms with van der Waals surface area (Å²) in [6.07, 6.45) is 0. The van der Waals surface area contributed by atoms with Crippen molar-refractivity contribution in [2.24, 2.45) is 15.3 Å². The van der Waals surface area contributed by atoms with Gasteiger partial charge in [-0.05, 0) is 25.3 Å². The molecule has 0 unspecified atom stereocenters. The Hall–Kier alpha value is -3.71. The van der Waals surface area contributed by atoms with E-state index >= 15 is 0 Å². The maximum absolute atomic E-state index is 13.0. The number of azo groups is 1. The number of fused-ring (bicyclic) bond motifs is 1. The molecule has 1 aliphatic rings. The molecule has 2 heterocycles. The Morgan fingerprint density at radius 1 is 0.968 bits per heavy atom. The molecule has 31 heavy (non-hydrogen) atoms. The number of hydrogen-bond donors (Lipinski definition) is 0. The molecule has 1 atom stereocenters. The molecule has 1 aromatic heterocycles. The molecule has 0 spiro atoms. The third kappa shape index (κ3) is 3.64. The van der Waals surface area contributed by atoms with E-state index in [0.29, 0.717) is 10.8 Å². The quantitative estimate of drug-likeness (QED) is 0.368. The van der Waals surface area contributed by atoms with Crippen LogP contribution in [0.4, 0.5) is 10.8 Å². The van der Waals surface area contributed by atoms with Gasteiger partial charge in [-0.2, -0.15) is 20.3 Å². The maximum Gasteiger partial charge on any atom is 0.282 e. The molecule has 1 amide bonds. The Bertz CT molecular complexity index is 1330. The fourth-order valence-electron chi connectivity index (χ4n) is 3.46. The molecule has 3 aromatic carbocycles. The average molecular weight is 426 g/mol. The SMILES string of the molecule is CC1=NN(c2nc(-c3ccc(C)cc3)cs2)C(=O)[C@H]1N=Nc1cccc2ccccc12. The summed E-state index contributed by atoms with van der Waals surface area (Å²) in [5.74, 6) is -0.244. The Balaban J connectivity index is 1.39. The predicted molar refractivity (Wildman–Crippen MR) is 125 cm³/mol. The van der Waals surface area contributed by atoms with Gasteiger partial charge in [-0.3, -0.25) is 4.79 Å². The van der Waals surface area contributed by atoms with Crippen molar-refractivity contribution in [3.63, 3.8) is 0 Å². The van der Waals surface area contributed by atoms with Gasteiger partial charge in [0, 0.05) is 16.3 Å². The number of benzene rings is 3. The summed E-state index contributed by atoms with van der Waals surface area (Å²) >= 11 is 1.38. The van der Waals surface area contributed by atoms with Crippen molar-refractivity contribution in [3.8, 4) is 11.3 Å². The molecule has 6 nitrogen and oxygen atoms in total. The monoisotopic (exact) mass is 425 g/mol. The predicted octanol–water partition coefficient (Wildman–Crippen LogP) is 6.15. The number of carbonyl (C=O) groups excluding carboxylic acids is 1. The third-order valence-electron chi connectivity index (χ3n) is 5.16. The summed E-state index contributed by atoms with van der Waals surface area (Å²) in [6, 6.07) is 21.2. The van der Waals surface area contributed by atoms with Gasteiger partial charge in [-0.25, -0.2) is 4.98 Å². The highest BCUT2D eigenvalue weighted by atomic mass is 32.1. The van der Waals surface area contributed by atoms with Crippen LogP contribution in [0.25, 0.3) is 22.0 Å². The first-order valence-corrected chi connectivity index (χ1v) is 10.8. The van der Waals surface area contributed by atoms with Crippen LogP contribution in [0.5, 0.6) is 0 Å². The molecule has 0 saturated heterocycles. The van der Waals surface area contributed by atoms with E-state index in [0.717, 1.165) is 27.7 Å². The molecular formula is C24H19N5OS. The van der Waals surface area contributed by atoms with Crippen molar-refractivity contribution in [3.05, 3.63) is 77.7 Å². The fraction of sp³-hybridized carbons (Fsp3) is 0.125. The second-order valence-corrected chi connectivity index (χ2v) is 8.23. The van der Waals surface area contributed by atoms with Crippen molar-refractivity contribution in [1.82, 2.24) is 4.98 Å². The minimum atomic E-state index is -0.745. The van der Waals surface area contributed by atoms with Crippen LogP contribution >= 0.6 is 11.3 Å². The first-order valence-electron chi connectivity index (χ1n) is 9.90. The molecule has 5 rings (SSSR count). The summed E-state index contributed by atoms with van der Waals surface area (Å²) < 4.78 is 0. The lowest BCUT2D eigenvalue weighted by Crippen LogP contribution is -2.29. The Morgan fingerprint density at radius 2 is 1.74 bits per heavy atom. The first-order chi connectivity index (χ1) is 15.1. The topological polar surface area (TPSA) is 70.3 Å². The fourth-order valence-corrected chi connectivity index (χ4v) is 4.25. The summed E-state index contributed by atoms with van der Waals surface area (Å²) in [7, 11) is 0. The molecule has 0 bridgehead atoms. The summed E-state index contributed by atoms with van der Waals surface area (Å²) in [6.45, 7) is 3.84. The lowest BCUT2D eigenvalue weighted by atomic mass is 10.1. The first kappa shape index (κ1) is 19.3. The summed E-state index contributed by atoms with van der Waals surface area (Å²) in [5, 5.41) is 19.0. The van der Waals surface area contributed by atoms with Gasteiger partial charge >= 0.3 is 0 Å². The largest absolute Gasteiger partial charge is 0.282 e. The molecular weight excluding hydrogens is 406 g/mol. The number of amides is 1. The highest BCUT2D eigenvalue weighted by Crippen LogP contribution is 2.31. The molecule has 0 N–H and O–H groups in total. The third-order valence-corrected chi connectivity index (χ3v) is 5.98. The van der Waals surface area contributed by atoms with E-state index in [9.17, 15) is 4.79 Å². The summed E-state index contributed by atoms with van der Waals surface area (Å²) in [5.41, 5.74) is 4.34. The molecule has 7 heteroatoms. The minimum absolute atomic E-state index is 0.244. The van der Waals surface area contributed by atoms with Gasteiger partial charge in [0.2, 0.25) is 5.13 Å². The normalized spacial score (nSPS) is 16.5. The van der Waals surface area contributed by atoms with Crippen LogP contribution in [0.1, 0.15) is 12.5 Å². The molecule has 152 valence electrons. The second kappa shape index (κ2) is 7.85. The lowest BCUT2D eigenvalue weighted by Gasteiger charge is -2.08. The highest BCUT2D eigenvalue weighted by Gasteiger charge is 2.36. The van der Waals surface area contributed by atoms with Gasteiger partial charge in [-0.1, -0.05) is 66.2 Å². The van der Waals surface area contributed by atoms with Crippen molar-refractivity contribution in [2.45, 2.75) is 19.9 Å². The van der Waals surface area contributed by atoms with Crippen molar-refractivity contribution >= 4 is 44.5 Å². The van der Waals surface area contributed by atoms with Crippen LogP contribution in [-0.2, 0) is 4.79 Å². The second-order valence-electron chi connectivity index (χ2n) is 7.39. The number of hydrazone groups is 1. The molecule has 4 aromatic rings. The zero-order chi connectivity index (χ0) is 21.4. The van der Waals surface area contributed by atoms with Crippen molar-refractivity contribution in [2.75, 3.05) is 5.01 Å². The van der Waals surface area contributed by atoms with Crippen LogP contribution in [0.2, 0.25) is 0 Å². The van der Waals surface area contributed by atoms with Gasteiger partial charge < -0.3 is 0 Å². The number of hydrogen-bond acceptors (Lipinski definition) is 6. The Labute approximate surface area is 183 Å². The van der Waals surface area contributed by atoms with Crippen molar-refractivity contribution < 1.29 is 4.79 Å². The maximum atomic E-state index is 13.0. The van der Waals surface area contributed by atoms with Gasteiger partial charge in [0.25, 0.3) is 5.91 Å². The minimum Gasteiger partial charge on any atom is -0.269 e. The van der Waals surface area contributed by atoms with E-state index in [1.165, 1.54) is 21.9 Å². The number of aromatic nitrogens is 1. The van der Waals surface area contributed by atoms with E-state index in [-0.39, 0.29) is 5.91 Å². The van der Waals surface area contributed by atoms with E-state index in [4.69, 9.17) is 0 Å². The zero-order valence-corrected chi connectivity index (χ0v) is 17.9. The number of rotatable bonds is 4. The average Bonchev–Trinajstić information content (AvgIpc) is 3.38. The number of carbonyl (C=O) groups is 1. The zero-order valence-electron chi connectivity index (χ0n) is 17.1. The Morgan fingerprint density at radius 3 is 2.58 bits per heavy atom. The standard InChI is InChI=1S/C24H19N5OS/c1-15-10-12-18(13-11-15)21-14-31-24(25-21)29-23(30)22(16(2)28-29)27-26-20-9-5-7-17-6-3-4-8-19(17)20/h3-14,22H,1-2H3/t22-/m0/s1. The number of aryl methyl sites for hydroxylation is 1.